The lowest BCUT2D eigenvalue weighted by Gasteiger charge is -2.44. The van der Waals surface area contributed by atoms with Gasteiger partial charge in [0.2, 0.25) is 0 Å². The van der Waals surface area contributed by atoms with E-state index < -0.39 is 8.32 Å². The molecular formula is C29H41N3OSi. The first-order valence-electron chi connectivity index (χ1n) is 12.6. The fraction of sp³-hybridized carbons (Fsp3) is 0.483. The molecule has 0 saturated heterocycles. The Balaban J connectivity index is 1.70. The standard InChI is InChI=1S/C29H41N3OSi/c1-21-26(31-32(27(21)30)28(2,3)4)22-18-19-23(20-22)33-34(29(5,6)7,24-14-10-8-11-15-24)25-16-12-9-13-17-25/h8-17,22-23H,18-20,30H2,1-7H3. The van der Waals surface area contributed by atoms with Gasteiger partial charge in [-0.15, -0.1) is 0 Å². The van der Waals surface area contributed by atoms with Gasteiger partial charge < -0.3 is 10.2 Å². The molecule has 1 aliphatic rings. The van der Waals surface area contributed by atoms with Crippen molar-refractivity contribution in [3.63, 3.8) is 0 Å². The van der Waals surface area contributed by atoms with Crippen molar-refractivity contribution in [3.8, 4) is 0 Å². The predicted molar refractivity (Wildman–Crippen MR) is 145 cm³/mol. The van der Waals surface area contributed by atoms with Gasteiger partial charge in [0.1, 0.15) is 5.82 Å². The minimum Gasteiger partial charge on any atom is -0.404 e. The molecule has 2 N–H and O–H groups in total. The molecule has 2 unspecified atom stereocenters. The maximum Gasteiger partial charge on any atom is 0.261 e. The van der Waals surface area contributed by atoms with Gasteiger partial charge >= 0.3 is 0 Å². The summed E-state index contributed by atoms with van der Waals surface area (Å²) in [7, 11) is -2.54. The third-order valence-electron chi connectivity index (χ3n) is 7.37. The fourth-order valence-electron chi connectivity index (χ4n) is 5.66. The maximum atomic E-state index is 7.40. The zero-order chi connectivity index (χ0) is 24.7. The van der Waals surface area contributed by atoms with Gasteiger partial charge in [0.05, 0.1) is 11.2 Å². The van der Waals surface area contributed by atoms with E-state index in [4.69, 9.17) is 15.3 Å². The monoisotopic (exact) mass is 475 g/mol. The number of hydrogen-bond donors (Lipinski definition) is 1. The average Bonchev–Trinajstić information content (AvgIpc) is 3.36. The predicted octanol–water partition coefficient (Wildman–Crippen LogP) is 5.74. The second kappa shape index (κ2) is 9.01. The summed E-state index contributed by atoms with van der Waals surface area (Å²) in [5, 5.41) is 7.68. The van der Waals surface area contributed by atoms with Crippen LogP contribution in [0.2, 0.25) is 5.04 Å². The summed E-state index contributed by atoms with van der Waals surface area (Å²) in [5.41, 5.74) is 8.63. The highest BCUT2D eigenvalue weighted by atomic mass is 28.4. The molecular weight excluding hydrogens is 434 g/mol. The smallest absolute Gasteiger partial charge is 0.261 e. The molecule has 4 rings (SSSR count). The van der Waals surface area contributed by atoms with Crippen molar-refractivity contribution in [2.24, 2.45) is 0 Å². The number of hydrogen-bond acceptors (Lipinski definition) is 3. The Hall–Kier alpha value is -2.37. The van der Waals surface area contributed by atoms with Crippen LogP contribution in [0.1, 0.15) is 78.0 Å². The molecule has 0 aliphatic heterocycles. The SMILES string of the molecule is Cc1c(C2CCC(O[Si](c3ccccc3)(c3ccccc3)C(C)(C)C)C2)nn(C(C)(C)C)c1N. The highest BCUT2D eigenvalue weighted by Gasteiger charge is 2.52. The third-order valence-corrected chi connectivity index (χ3v) is 12.5. The van der Waals surface area contributed by atoms with E-state index >= 15 is 0 Å². The van der Waals surface area contributed by atoms with E-state index in [1.165, 1.54) is 10.4 Å². The number of rotatable bonds is 5. The molecule has 0 radical (unpaired) electrons. The molecule has 1 aliphatic carbocycles. The third kappa shape index (κ3) is 4.36. The Morgan fingerprint density at radius 1 is 0.882 bits per heavy atom. The second-order valence-corrected chi connectivity index (χ2v) is 16.1. The van der Waals surface area contributed by atoms with Crippen LogP contribution in [0, 0.1) is 6.92 Å². The van der Waals surface area contributed by atoms with Crippen molar-refractivity contribution < 1.29 is 4.43 Å². The molecule has 1 aromatic heterocycles. The fourth-order valence-corrected chi connectivity index (χ4v) is 10.4. The van der Waals surface area contributed by atoms with Gasteiger partial charge in [-0.2, -0.15) is 5.10 Å². The Bertz CT molecular complexity index is 1070. The molecule has 0 spiro atoms. The van der Waals surface area contributed by atoms with Crippen LogP contribution in [-0.4, -0.2) is 24.2 Å². The van der Waals surface area contributed by atoms with Crippen molar-refractivity contribution in [3.05, 3.63) is 71.9 Å². The Morgan fingerprint density at radius 2 is 1.41 bits per heavy atom. The number of aromatic nitrogens is 2. The lowest BCUT2D eigenvalue weighted by molar-refractivity contribution is 0.193. The van der Waals surface area contributed by atoms with Crippen LogP contribution in [0.15, 0.2) is 60.7 Å². The van der Waals surface area contributed by atoms with Crippen LogP contribution in [0.25, 0.3) is 0 Å². The van der Waals surface area contributed by atoms with Gasteiger partial charge in [-0.3, -0.25) is 0 Å². The number of nitrogens with zero attached hydrogens (tertiary/aromatic N) is 2. The van der Waals surface area contributed by atoms with Crippen molar-refractivity contribution >= 4 is 24.5 Å². The first kappa shape index (κ1) is 24.7. The topological polar surface area (TPSA) is 53.1 Å². The molecule has 2 atom stereocenters. The molecule has 2 aromatic carbocycles. The van der Waals surface area contributed by atoms with Gasteiger partial charge in [-0.1, -0.05) is 81.4 Å². The number of anilines is 1. The first-order chi connectivity index (χ1) is 15.9. The molecule has 4 nitrogen and oxygen atoms in total. The molecule has 1 saturated carbocycles. The zero-order valence-corrected chi connectivity index (χ0v) is 22.9. The van der Waals surface area contributed by atoms with Crippen LogP contribution in [-0.2, 0) is 9.96 Å². The highest BCUT2D eigenvalue weighted by molar-refractivity contribution is 6.99. The summed E-state index contributed by atoms with van der Waals surface area (Å²) in [6.45, 7) is 15.6. The summed E-state index contributed by atoms with van der Waals surface area (Å²) in [5.74, 6) is 1.17. The largest absolute Gasteiger partial charge is 0.404 e. The average molecular weight is 476 g/mol. The molecule has 1 heterocycles. The van der Waals surface area contributed by atoms with Crippen LogP contribution >= 0.6 is 0 Å². The van der Waals surface area contributed by atoms with Crippen LogP contribution < -0.4 is 16.1 Å². The van der Waals surface area contributed by atoms with E-state index in [0.29, 0.717) is 5.92 Å². The summed E-state index contributed by atoms with van der Waals surface area (Å²) in [6.07, 6.45) is 3.34. The number of nitrogen functional groups attached to an aromatic ring is 1. The maximum absolute atomic E-state index is 7.40. The molecule has 1 fully saturated rings. The van der Waals surface area contributed by atoms with E-state index in [1.807, 2.05) is 4.68 Å². The minimum atomic E-state index is -2.54. The summed E-state index contributed by atoms with van der Waals surface area (Å²) < 4.78 is 9.40. The van der Waals surface area contributed by atoms with Gasteiger partial charge in [-0.25, -0.2) is 4.68 Å². The number of benzene rings is 2. The van der Waals surface area contributed by atoms with Crippen molar-refractivity contribution in [2.45, 2.75) is 90.3 Å². The van der Waals surface area contributed by atoms with Gasteiger partial charge in [-0.05, 0) is 62.4 Å². The molecule has 3 aromatic rings. The minimum absolute atomic E-state index is 0.0120. The van der Waals surface area contributed by atoms with E-state index in [2.05, 4.69) is 109 Å². The Morgan fingerprint density at radius 3 is 1.85 bits per heavy atom. The van der Waals surface area contributed by atoms with Crippen molar-refractivity contribution in [1.29, 1.82) is 0 Å². The van der Waals surface area contributed by atoms with Crippen LogP contribution in [0.5, 0.6) is 0 Å². The van der Waals surface area contributed by atoms with Gasteiger partial charge in [0.25, 0.3) is 8.32 Å². The van der Waals surface area contributed by atoms with Gasteiger partial charge in [0, 0.05) is 17.6 Å². The van der Waals surface area contributed by atoms with Gasteiger partial charge in [0.15, 0.2) is 0 Å². The number of nitrogens with two attached hydrogens (primary N) is 1. The normalized spacial score (nSPS) is 19.5. The first-order valence-corrected chi connectivity index (χ1v) is 14.5. The van der Waals surface area contributed by atoms with E-state index in [1.54, 1.807) is 0 Å². The quantitative estimate of drug-likeness (QED) is 0.479. The molecule has 0 bridgehead atoms. The van der Waals surface area contributed by atoms with E-state index in [-0.39, 0.29) is 16.7 Å². The molecule has 5 heteroatoms. The molecule has 34 heavy (non-hydrogen) atoms. The van der Waals surface area contributed by atoms with E-state index in [0.717, 1.165) is 36.3 Å². The summed E-state index contributed by atoms with van der Waals surface area (Å²) in [4.78, 5) is 0. The van der Waals surface area contributed by atoms with Crippen molar-refractivity contribution in [1.82, 2.24) is 9.78 Å². The lowest BCUT2D eigenvalue weighted by atomic mass is 10.0. The van der Waals surface area contributed by atoms with Crippen LogP contribution in [0.3, 0.4) is 0 Å². The van der Waals surface area contributed by atoms with Crippen molar-refractivity contribution in [2.75, 3.05) is 5.73 Å². The summed E-state index contributed by atoms with van der Waals surface area (Å²) >= 11 is 0. The zero-order valence-electron chi connectivity index (χ0n) is 21.9. The lowest BCUT2D eigenvalue weighted by Crippen LogP contribution is -2.67. The Labute approximate surface area is 206 Å². The molecule has 0 amide bonds. The van der Waals surface area contributed by atoms with Crippen LogP contribution in [0.4, 0.5) is 5.82 Å². The molecule has 182 valence electrons. The Kier molecular flexibility index (Phi) is 6.56. The highest BCUT2D eigenvalue weighted by Crippen LogP contribution is 2.43. The van der Waals surface area contributed by atoms with E-state index in [9.17, 15) is 0 Å². The second-order valence-electron chi connectivity index (χ2n) is 11.9. The summed E-state index contributed by atoms with van der Waals surface area (Å²) in [6, 6.07) is 21.9.